The van der Waals surface area contributed by atoms with Gasteiger partial charge in [-0.25, -0.2) is 0 Å². The van der Waals surface area contributed by atoms with Crippen LogP contribution in [0.15, 0.2) is 60.9 Å². The lowest BCUT2D eigenvalue weighted by Crippen LogP contribution is -2.27. The maximum atomic E-state index is 12.3. The fraction of sp³-hybridized carbons (Fsp3) is 0.167. The van der Waals surface area contributed by atoms with Gasteiger partial charge in [-0.15, -0.1) is 0 Å². The fourth-order valence-corrected chi connectivity index (χ4v) is 2.39. The number of rotatable bonds is 5. The second-order valence-electron chi connectivity index (χ2n) is 5.27. The third-order valence-corrected chi connectivity index (χ3v) is 3.63. The number of hydrogen-bond donors (Lipinski definition) is 1. The van der Waals surface area contributed by atoms with Gasteiger partial charge in [0.25, 0.3) is 5.91 Å². The number of benzene rings is 1. The topological polar surface area (TPSA) is 59.8 Å². The monoisotopic (exact) mass is 306 g/mol. The average molecular weight is 306 g/mol. The van der Waals surface area contributed by atoms with Crippen LogP contribution in [0.1, 0.15) is 16.1 Å². The molecule has 2 heterocycles. The Morgan fingerprint density at radius 3 is 2.61 bits per heavy atom. The zero-order valence-electron chi connectivity index (χ0n) is 12.9. The lowest BCUT2D eigenvalue weighted by molar-refractivity contribution is 0.0944. The molecular formula is C18H18N4O. The molecule has 0 aliphatic carbocycles. The first kappa shape index (κ1) is 15.0. The molecule has 5 heteroatoms. The van der Waals surface area contributed by atoms with E-state index < -0.39 is 0 Å². The predicted octanol–water partition coefficient (Wildman–Crippen LogP) is 2.45. The molecule has 5 nitrogen and oxygen atoms in total. The van der Waals surface area contributed by atoms with E-state index in [0.717, 1.165) is 23.2 Å². The van der Waals surface area contributed by atoms with Crippen molar-refractivity contribution in [3.63, 3.8) is 0 Å². The summed E-state index contributed by atoms with van der Waals surface area (Å²) in [5.74, 6) is -0.115. The molecule has 0 atom stereocenters. The molecule has 23 heavy (non-hydrogen) atoms. The predicted molar refractivity (Wildman–Crippen MR) is 88.9 cm³/mol. The molecule has 0 aliphatic rings. The van der Waals surface area contributed by atoms with Crippen LogP contribution in [0.3, 0.4) is 0 Å². The maximum absolute atomic E-state index is 12.3. The molecule has 1 aromatic carbocycles. The van der Waals surface area contributed by atoms with Crippen LogP contribution < -0.4 is 5.32 Å². The quantitative estimate of drug-likeness (QED) is 0.787. The number of nitrogens with zero attached hydrogens (tertiary/aromatic N) is 3. The summed E-state index contributed by atoms with van der Waals surface area (Å²) in [7, 11) is 1.78. The third-order valence-electron chi connectivity index (χ3n) is 3.63. The van der Waals surface area contributed by atoms with Crippen molar-refractivity contribution in [1.82, 2.24) is 20.1 Å². The standard InChI is InChI=1S/C18H18N4O/c1-22-17(13-16(21-22)15-5-3-2-4-6-15)18(23)20-12-9-14-7-10-19-11-8-14/h2-8,10-11,13H,9,12H2,1H3,(H,20,23). The largest absolute Gasteiger partial charge is 0.350 e. The van der Waals surface area contributed by atoms with Crippen LogP contribution >= 0.6 is 0 Å². The Kier molecular flexibility index (Phi) is 4.47. The van der Waals surface area contributed by atoms with Crippen molar-refractivity contribution in [1.29, 1.82) is 0 Å². The molecule has 3 rings (SSSR count). The Labute approximate surface area is 135 Å². The first-order valence-electron chi connectivity index (χ1n) is 7.50. The van der Waals surface area contributed by atoms with Crippen molar-refractivity contribution in [2.24, 2.45) is 7.05 Å². The van der Waals surface area contributed by atoms with Gasteiger partial charge >= 0.3 is 0 Å². The summed E-state index contributed by atoms with van der Waals surface area (Å²) >= 11 is 0. The zero-order chi connectivity index (χ0) is 16.1. The molecule has 0 spiro atoms. The highest BCUT2D eigenvalue weighted by atomic mass is 16.2. The molecule has 1 N–H and O–H groups in total. The van der Waals surface area contributed by atoms with Gasteiger partial charge in [0, 0.05) is 31.5 Å². The summed E-state index contributed by atoms with van der Waals surface area (Å²) in [6, 6.07) is 15.5. The number of amides is 1. The van der Waals surface area contributed by atoms with Crippen molar-refractivity contribution < 1.29 is 4.79 Å². The number of nitrogens with one attached hydrogen (secondary N) is 1. The molecule has 0 aliphatic heterocycles. The molecule has 0 fully saturated rings. The van der Waals surface area contributed by atoms with Crippen LogP contribution in [0.2, 0.25) is 0 Å². The van der Waals surface area contributed by atoms with E-state index in [2.05, 4.69) is 15.4 Å². The molecule has 0 saturated heterocycles. The van der Waals surface area contributed by atoms with Gasteiger partial charge in [0.05, 0.1) is 5.69 Å². The van der Waals surface area contributed by atoms with E-state index in [1.807, 2.05) is 48.5 Å². The van der Waals surface area contributed by atoms with Gasteiger partial charge in [-0.2, -0.15) is 5.10 Å². The summed E-state index contributed by atoms with van der Waals surface area (Å²) in [5.41, 5.74) is 3.50. The van der Waals surface area contributed by atoms with Crippen molar-refractivity contribution in [3.05, 3.63) is 72.2 Å². The second kappa shape index (κ2) is 6.87. The van der Waals surface area contributed by atoms with Gasteiger partial charge in [-0.05, 0) is 30.2 Å². The fourth-order valence-electron chi connectivity index (χ4n) is 2.39. The smallest absolute Gasteiger partial charge is 0.269 e. The SMILES string of the molecule is Cn1nc(-c2ccccc2)cc1C(=O)NCCc1ccncc1. The van der Waals surface area contributed by atoms with Gasteiger partial charge in [-0.1, -0.05) is 30.3 Å². The molecule has 3 aromatic rings. The summed E-state index contributed by atoms with van der Waals surface area (Å²) < 4.78 is 1.62. The van der Waals surface area contributed by atoms with Crippen molar-refractivity contribution in [2.75, 3.05) is 6.54 Å². The Bertz CT molecular complexity index is 781. The molecule has 116 valence electrons. The number of aromatic nitrogens is 3. The summed E-state index contributed by atoms with van der Waals surface area (Å²) in [6.07, 6.45) is 4.28. The first-order chi connectivity index (χ1) is 11.2. The van der Waals surface area contributed by atoms with Crippen molar-refractivity contribution in [2.45, 2.75) is 6.42 Å². The average Bonchev–Trinajstić information content (AvgIpc) is 2.98. The minimum Gasteiger partial charge on any atom is -0.350 e. The Morgan fingerprint density at radius 2 is 1.87 bits per heavy atom. The van der Waals surface area contributed by atoms with E-state index in [1.165, 1.54) is 0 Å². The number of aryl methyl sites for hydroxylation is 1. The molecule has 1 amide bonds. The lowest BCUT2D eigenvalue weighted by atomic mass is 10.1. The van der Waals surface area contributed by atoms with Gasteiger partial charge in [0.2, 0.25) is 0 Å². The van der Waals surface area contributed by atoms with Crippen LogP contribution in [-0.2, 0) is 13.5 Å². The Morgan fingerprint density at radius 1 is 1.13 bits per heavy atom. The second-order valence-corrected chi connectivity index (χ2v) is 5.27. The highest BCUT2D eigenvalue weighted by Crippen LogP contribution is 2.18. The van der Waals surface area contributed by atoms with E-state index in [1.54, 1.807) is 24.1 Å². The molecule has 0 radical (unpaired) electrons. The normalized spacial score (nSPS) is 10.5. The van der Waals surface area contributed by atoms with E-state index in [4.69, 9.17) is 0 Å². The Balaban J connectivity index is 1.65. The molecule has 2 aromatic heterocycles. The number of carbonyl (C=O) groups is 1. The highest BCUT2D eigenvalue weighted by Gasteiger charge is 2.13. The number of carbonyl (C=O) groups excluding carboxylic acids is 1. The van der Waals surface area contributed by atoms with Crippen LogP contribution in [-0.4, -0.2) is 27.2 Å². The number of hydrogen-bond acceptors (Lipinski definition) is 3. The first-order valence-corrected chi connectivity index (χ1v) is 7.50. The van der Waals surface area contributed by atoms with Crippen LogP contribution in [0.25, 0.3) is 11.3 Å². The summed E-state index contributed by atoms with van der Waals surface area (Å²) in [6.45, 7) is 0.578. The molecule has 0 bridgehead atoms. The maximum Gasteiger partial charge on any atom is 0.269 e. The van der Waals surface area contributed by atoms with E-state index >= 15 is 0 Å². The summed E-state index contributed by atoms with van der Waals surface area (Å²) in [4.78, 5) is 16.3. The summed E-state index contributed by atoms with van der Waals surface area (Å²) in [5, 5.41) is 7.35. The third kappa shape index (κ3) is 3.63. The highest BCUT2D eigenvalue weighted by molar-refractivity contribution is 5.93. The Hall–Kier alpha value is -2.95. The van der Waals surface area contributed by atoms with Gasteiger partial charge in [0.15, 0.2) is 0 Å². The van der Waals surface area contributed by atoms with E-state index in [0.29, 0.717) is 12.2 Å². The molecule has 0 saturated carbocycles. The van der Waals surface area contributed by atoms with Gasteiger partial charge in [0.1, 0.15) is 5.69 Å². The van der Waals surface area contributed by atoms with E-state index in [-0.39, 0.29) is 5.91 Å². The molecule has 0 unspecified atom stereocenters. The van der Waals surface area contributed by atoms with Crippen molar-refractivity contribution >= 4 is 5.91 Å². The van der Waals surface area contributed by atoms with Gasteiger partial charge in [-0.3, -0.25) is 14.5 Å². The van der Waals surface area contributed by atoms with Crippen LogP contribution in [0.5, 0.6) is 0 Å². The van der Waals surface area contributed by atoms with Gasteiger partial charge < -0.3 is 5.32 Å². The zero-order valence-corrected chi connectivity index (χ0v) is 12.9. The molecular weight excluding hydrogens is 288 g/mol. The van der Waals surface area contributed by atoms with Crippen molar-refractivity contribution in [3.8, 4) is 11.3 Å². The van der Waals surface area contributed by atoms with Crippen LogP contribution in [0, 0.1) is 0 Å². The number of pyridine rings is 1. The lowest BCUT2D eigenvalue weighted by Gasteiger charge is -2.05. The minimum absolute atomic E-state index is 0.115. The van der Waals surface area contributed by atoms with Crippen LogP contribution in [0.4, 0.5) is 0 Å². The minimum atomic E-state index is -0.115. The van der Waals surface area contributed by atoms with E-state index in [9.17, 15) is 4.79 Å².